The van der Waals surface area contributed by atoms with Gasteiger partial charge in [0.05, 0.1) is 7.11 Å². The summed E-state index contributed by atoms with van der Waals surface area (Å²) in [5.74, 6) is 2.61. The van der Waals surface area contributed by atoms with Gasteiger partial charge in [0.1, 0.15) is 5.75 Å². The van der Waals surface area contributed by atoms with Gasteiger partial charge in [-0.3, -0.25) is 9.59 Å². The molecule has 0 heterocycles. The van der Waals surface area contributed by atoms with Crippen LogP contribution in [-0.4, -0.2) is 31.1 Å². The van der Waals surface area contributed by atoms with Crippen molar-refractivity contribution in [3.05, 3.63) is 29.8 Å². The lowest BCUT2D eigenvalue weighted by Crippen LogP contribution is -2.60. The molecule has 0 radical (unpaired) electrons. The van der Waals surface area contributed by atoms with Crippen LogP contribution in [0.1, 0.15) is 50.5 Å². The zero-order valence-corrected chi connectivity index (χ0v) is 16.0. The third kappa shape index (κ3) is 4.12. The van der Waals surface area contributed by atoms with Gasteiger partial charge in [-0.2, -0.15) is 0 Å². The molecule has 5 rings (SSSR count). The van der Waals surface area contributed by atoms with E-state index in [-0.39, 0.29) is 30.4 Å². The highest BCUT2D eigenvalue weighted by Crippen LogP contribution is 2.55. The Morgan fingerprint density at radius 3 is 2.33 bits per heavy atom. The SMILES string of the molecule is COc1ccccc1CCC(=O)OCC(=O)NC12CC3CC(CC(C3)C1)C2. The minimum absolute atomic E-state index is 0.0321. The lowest BCUT2D eigenvalue weighted by Gasteiger charge is -2.56. The molecule has 0 aliphatic heterocycles. The van der Waals surface area contributed by atoms with Gasteiger partial charge >= 0.3 is 5.97 Å². The van der Waals surface area contributed by atoms with Crippen LogP contribution in [0.2, 0.25) is 0 Å². The molecular weight excluding hydrogens is 342 g/mol. The fraction of sp³-hybridized carbons (Fsp3) is 0.636. The summed E-state index contributed by atoms with van der Waals surface area (Å²) in [5, 5.41) is 3.24. The van der Waals surface area contributed by atoms with Gasteiger partial charge in [0, 0.05) is 12.0 Å². The molecule has 4 fully saturated rings. The molecule has 4 aliphatic carbocycles. The third-order valence-electron chi connectivity index (χ3n) is 6.60. The second-order valence-electron chi connectivity index (χ2n) is 8.72. The van der Waals surface area contributed by atoms with Gasteiger partial charge in [-0.25, -0.2) is 0 Å². The lowest BCUT2D eigenvalue weighted by molar-refractivity contribution is -0.150. The van der Waals surface area contributed by atoms with Gasteiger partial charge in [-0.05, 0) is 74.3 Å². The molecule has 146 valence electrons. The number of amides is 1. The topological polar surface area (TPSA) is 64.6 Å². The number of ether oxygens (including phenoxy) is 2. The fourth-order valence-corrected chi connectivity index (χ4v) is 5.96. The highest BCUT2D eigenvalue weighted by Gasteiger charge is 2.51. The smallest absolute Gasteiger partial charge is 0.306 e. The van der Waals surface area contributed by atoms with E-state index >= 15 is 0 Å². The van der Waals surface area contributed by atoms with E-state index < -0.39 is 0 Å². The molecule has 0 spiro atoms. The molecule has 5 nitrogen and oxygen atoms in total. The Morgan fingerprint density at radius 1 is 1.07 bits per heavy atom. The maximum Gasteiger partial charge on any atom is 0.306 e. The van der Waals surface area contributed by atoms with E-state index in [1.54, 1.807) is 7.11 Å². The Hall–Kier alpha value is -2.04. The van der Waals surface area contributed by atoms with Crippen molar-refractivity contribution < 1.29 is 19.1 Å². The van der Waals surface area contributed by atoms with E-state index in [1.807, 2.05) is 24.3 Å². The first-order valence-corrected chi connectivity index (χ1v) is 10.1. The predicted octanol–water partition coefficient (Wildman–Crippen LogP) is 3.26. The van der Waals surface area contributed by atoms with Crippen LogP contribution < -0.4 is 10.1 Å². The van der Waals surface area contributed by atoms with Crippen LogP contribution in [0, 0.1) is 17.8 Å². The van der Waals surface area contributed by atoms with Crippen LogP contribution in [0.25, 0.3) is 0 Å². The number of nitrogens with one attached hydrogen (secondary N) is 1. The molecule has 4 bridgehead atoms. The molecule has 1 aromatic rings. The Kier molecular flexibility index (Phi) is 5.11. The summed E-state index contributed by atoms with van der Waals surface area (Å²) >= 11 is 0. The van der Waals surface area contributed by atoms with Gasteiger partial charge in [0.2, 0.25) is 0 Å². The van der Waals surface area contributed by atoms with Crippen molar-refractivity contribution in [2.75, 3.05) is 13.7 Å². The molecule has 0 atom stereocenters. The molecular formula is C22H29NO4. The van der Waals surface area contributed by atoms with Crippen molar-refractivity contribution in [2.24, 2.45) is 17.8 Å². The maximum atomic E-state index is 12.4. The van der Waals surface area contributed by atoms with Crippen molar-refractivity contribution in [3.8, 4) is 5.75 Å². The monoisotopic (exact) mass is 371 g/mol. The van der Waals surface area contributed by atoms with Crippen molar-refractivity contribution in [1.82, 2.24) is 5.32 Å². The van der Waals surface area contributed by atoms with Crippen LogP contribution in [0.4, 0.5) is 0 Å². The zero-order chi connectivity index (χ0) is 18.9. The van der Waals surface area contributed by atoms with Crippen LogP contribution in [0.3, 0.4) is 0 Å². The Balaban J connectivity index is 1.23. The molecule has 0 unspecified atom stereocenters. The molecule has 0 aromatic heterocycles. The first-order valence-electron chi connectivity index (χ1n) is 10.1. The lowest BCUT2D eigenvalue weighted by atomic mass is 9.53. The number of para-hydroxylation sites is 1. The fourth-order valence-electron chi connectivity index (χ4n) is 5.96. The van der Waals surface area contributed by atoms with Gasteiger partial charge in [-0.1, -0.05) is 18.2 Å². The standard InChI is InChI=1S/C22H29NO4/c1-26-19-5-3-2-4-18(19)6-7-21(25)27-14-20(24)23-22-11-15-8-16(12-22)10-17(9-15)13-22/h2-5,15-17H,6-14H2,1H3,(H,23,24). The summed E-state index contributed by atoms with van der Waals surface area (Å²) in [6, 6.07) is 7.63. The number of esters is 1. The largest absolute Gasteiger partial charge is 0.496 e. The first kappa shape index (κ1) is 18.3. The van der Waals surface area contributed by atoms with Gasteiger partial charge in [0.15, 0.2) is 6.61 Å². The summed E-state index contributed by atoms with van der Waals surface area (Å²) in [7, 11) is 1.62. The first-order chi connectivity index (χ1) is 13.0. The molecule has 0 saturated heterocycles. The summed E-state index contributed by atoms with van der Waals surface area (Å²) in [6.45, 7) is -0.174. The Bertz CT molecular complexity index is 679. The van der Waals surface area contributed by atoms with E-state index in [0.29, 0.717) is 6.42 Å². The third-order valence-corrected chi connectivity index (χ3v) is 6.60. The van der Waals surface area contributed by atoms with Crippen LogP contribution in [-0.2, 0) is 20.7 Å². The van der Waals surface area contributed by atoms with Crippen molar-refractivity contribution in [2.45, 2.75) is 56.9 Å². The number of carbonyl (C=O) groups is 2. The normalized spacial score (nSPS) is 30.8. The summed E-state index contributed by atoms with van der Waals surface area (Å²) in [5.41, 5.74) is 0.935. The summed E-state index contributed by atoms with van der Waals surface area (Å²) in [4.78, 5) is 24.4. The van der Waals surface area contributed by atoms with E-state index in [0.717, 1.165) is 48.3 Å². The van der Waals surface area contributed by atoms with Crippen molar-refractivity contribution in [3.63, 3.8) is 0 Å². The van der Waals surface area contributed by atoms with E-state index in [4.69, 9.17) is 9.47 Å². The Labute approximate surface area is 160 Å². The molecule has 5 heteroatoms. The summed E-state index contributed by atoms with van der Waals surface area (Å²) in [6.07, 6.45) is 8.11. The molecule has 27 heavy (non-hydrogen) atoms. The number of methoxy groups -OCH3 is 1. The number of carbonyl (C=O) groups excluding carboxylic acids is 2. The second-order valence-corrected chi connectivity index (χ2v) is 8.72. The van der Waals surface area contributed by atoms with Gasteiger partial charge in [-0.15, -0.1) is 0 Å². The van der Waals surface area contributed by atoms with Crippen LogP contribution in [0.15, 0.2) is 24.3 Å². The van der Waals surface area contributed by atoms with Crippen LogP contribution >= 0.6 is 0 Å². The Morgan fingerprint density at radius 2 is 1.70 bits per heavy atom. The molecule has 4 aliphatic rings. The van der Waals surface area contributed by atoms with E-state index in [1.165, 1.54) is 19.3 Å². The minimum Gasteiger partial charge on any atom is -0.496 e. The second kappa shape index (κ2) is 7.53. The number of hydrogen-bond donors (Lipinski definition) is 1. The zero-order valence-electron chi connectivity index (χ0n) is 16.0. The number of aryl methyl sites for hydroxylation is 1. The van der Waals surface area contributed by atoms with Crippen LogP contribution in [0.5, 0.6) is 5.75 Å². The summed E-state index contributed by atoms with van der Waals surface area (Å²) < 4.78 is 10.5. The molecule has 4 saturated carbocycles. The quantitative estimate of drug-likeness (QED) is 0.747. The maximum absolute atomic E-state index is 12.4. The van der Waals surface area contributed by atoms with Crippen molar-refractivity contribution >= 4 is 11.9 Å². The predicted molar refractivity (Wildman–Crippen MR) is 101 cm³/mol. The average Bonchev–Trinajstić information content (AvgIpc) is 2.63. The van der Waals surface area contributed by atoms with Crippen molar-refractivity contribution in [1.29, 1.82) is 0 Å². The van der Waals surface area contributed by atoms with Gasteiger partial charge in [0.25, 0.3) is 5.91 Å². The molecule has 1 N–H and O–H groups in total. The van der Waals surface area contributed by atoms with Gasteiger partial charge < -0.3 is 14.8 Å². The van der Waals surface area contributed by atoms with E-state index in [9.17, 15) is 9.59 Å². The highest BCUT2D eigenvalue weighted by atomic mass is 16.5. The average molecular weight is 371 g/mol. The van der Waals surface area contributed by atoms with E-state index in [2.05, 4.69) is 5.32 Å². The number of rotatable bonds is 7. The minimum atomic E-state index is -0.346. The number of hydrogen-bond acceptors (Lipinski definition) is 4. The number of benzene rings is 1. The molecule has 1 aromatic carbocycles. The molecule has 1 amide bonds. The highest BCUT2D eigenvalue weighted by molar-refractivity contribution is 5.81.